The fourth-order valence-corrected chi connectivity index (χ4v) is 4.22. The van der Waals surface area contributed by atoms with E-state index in [2.05, 4.69) is 15.5 Å². The number of hydrogen-bond donors (Lipinski definition) is 2. The van der Waals surface area contributed by atoms with Crippen LogP contribution >= 0.6 is 24.8 Å². The molecule has 0 radical (unpaired) electrons. The van der Waals surface area contributed by atoms with Gasteiger partial charge in [-0.2, -0.15) is 4.31 Å². The van der Waals surface area contributed by atoms with Crippen LogP contribution < -0.4 is 10.6 Å². The highest BCUT2D eigenvalue weighted by molar-refractivity contribution is 7.89. The van der Waals surface area contributed by atoms with E-state index in [0.717, 1.165) is 26.2 Å². The summed E-state index contributed by atoms with van der Waals surface area (Å²) in [6.45, 7) is 8.19. The molecule has 1 saturated heterocycles. The first-order valence-electron chi connectivity index (χ1n) is 8.30. The molecule has 0 bridgehead atoms. The minimum absolute atomic E-state index is 0. The first-order valence-corrected chi connectivity index (χ1v) is 9.74. The number of anilines is 1. The Morgan fingerprint density at radius 2 is 1.81 bits per heavy atom. The van der Waals surface area contributed by atoms with Gasteiger partial charge in [0.05, 0.1) is 11.4 Å². The van der Waals surface area contributed by atoms with Gasteiger partial charge in [0.25, 0.3) is 0 Å². The monoisotopic (exact) mass is 426 g/mol. The van der Waals surface area contributed by atoms with Gasteiger partial charge in [-0.05, 0) is 18.2 Å². The van der Waals surface area contributed by atoms with E-state index in [9.17, 15) is 13.2 Å². The third-order valence-corrected chi connectivity index (χ3v) is 6.08. The second-order valence-corrected chi connectivity index (χ2v) is 7.63. The van der Waals surface area contributed by atoms with Gasteiger partial charge in [0.15, 0.2) is 0 Å². The largest absolute Gasteiger partial charge is 0.325 e. The Hall–Kier alpha value is -0.900. The number of rotatable bonds is 7. The summed E-state index contributed by atoms with van der Waals surface area (Å²) in [5, 5.41) is 6.03. The fraction of sp³-hybridized carbons (Fsp3) is 0.562. The van der Waals surface area contributed by atoms with E-state index in [1.807, 2.05) is 0 Å². The van der Waals surface area contributed by atoms with Gasteiger partial charge in [0, 0.05) is 45.0 Å². The molecule has 0 unspecified atom stereocenters. The second kappa shape index (κ2) is 11.7. The van der Waals surface area contributed by atoms with E-state index in [1.165, 1.54) is 10.4 Å². The molecule has 1 aromatic carbocycles. The fourth-order valence-electron chi connectivity index (χ4n) is 2.72. The van der Waals surface area contributed by atoms with Gasteiger partial charge in [-0.15, -0.1) is 24.8 Å². The van der Waals surface area contributed by atoms with Crippen LogP contribution in [0.15, 0.2) is 29.2 Å². The van der Waals surface area contributed by atoms with Crippen LogP contribution in [0.3, 0.4) is 0 Å². The number of amides is 1. The molecule has 1 aromatic rings. The van der Waals surface area contributed by atoms with Crippen molar-refractivity contribution < 1.29 is 13.2 Å². The van der Waals surface area contributed by atoms with Crippen molar-refractivity contribution >= 4 is 46.4 Å². The van der Waals surface area contributed by atoms with Crippen LogP contribution in [0.2, 0.25) is 0 Å². The highest BCUT2D eigenvalue weighted by atomic mass is 35.5. The van der Waals surface area contributed by atoms with Crippen molar-refractivity contribution in [2.45, 2.75) is 18.7 Å². The van der Waals surface area contributed by atoms with Gasteiger partial charge in [0.2, 0.25) is 15.9 Å². The van der Waals surface area contributed by atoms with E-state index < -0.39 is 10.0 Å². The molecular weight excluding hydrogens is 399 g/mol. The average Bonchev–Trinajstić information content (AvgIpc) is 2.56. The topological polar surface area (TPSA) is 81.8 Å². The average molecular weight is 427 g/mol. The maximum Gasteiger partial charge on any atom is 0.243 e. The van der Waals surface area contributed by atoms with Crippen molar-refractivity contribution in [1.82, 2.24) is 14.5 Å². The number of nitrogens with zero attached hydrogens (tertiary/aromatic N) is 2. The van der Waals surface area contributed by atoms with Crippen LogP contribution in [-0.4, -0.2) is 69.3 Å². The Balaban J connectivity index is 0.00000312. The van der Waals surface area contributed by atoms with Crippen LogP contribution in [0.5, 0.6) is 0 Å². The molecule has 150 valence electrons. The van der Waals surface area contributed by atoms with Crippen LogP contribution in [0, 0.1) is 0 Å². The zero-order chi connectivity index (χ0) is 17.6. The first-order chi connectivity index (χ1) is 11.5. The summed E-state index contributed by atoms with van der Waals surface area (Å²) in [5.41, 5.74) is 0.503. The molecule has 0 aromatic heterocycles. The predicted molar refractivity (Wildman–Crippen MR) is 109 cm³/mol. The molecule has 2 N–H and O–H groups in total. The van der Waals surface area contributed by atoms with Gasteiger partial charge in [0.1, 0.15) is 0 Å². The summed E-state index contributed by atoms with van der Waals surface area (Å²) in [7, 11) is -3.52. The van der Waals surface area contributed by atoms with Gasteiger partial charge in [-0.1, -0.05) is 19.9 Å². The quantitative estimate of drug-likeness (QED) is 0.688. The van der Waals surface area contributed by atoms with Crippen molar-refractivity contribution in [2.75, 3.05) is 51.1 Å². The molecule has 0 atom stereocenters. The third-order valence-electron chi connectivity index (χ3n) is 4.04. The Morgan fingerprint density at radius 3 is 2.38 bits per heavy atom. The Bertz CT molecular complexity index is 663. The summed E-state index contributed by atoms with van der Waals surface area (Å²) in [6, 6.07) is 6.43. The molecule has 7 nitrogen and oxygen atoms in total. The smallest absolute Gasteiger partial charge is 0.243 e. The number of piperazine rings is 1. The number of sulfonamides is 1. The molecule has 1 aliphatic rings. The normalized spacial score (nSPS) is 15.0. The van der Waals surface area contributed by atoms with E-state index >= 15 is 0 Å². The molecule has 10 heteroatoms. The van der Waals surface area contributed by atoms with Crippen molar-refractivity contribution in [3.05, 3.63) is 24.3 Å². The zero-order valence-corrected chi connectivity index (χ0v) is 17.6. The highest BCUT2D eigenvalue weighted by Crippen LogP contribution is 2.19. The second-order valence-electron chi connectivity index (χ2n) is 5.69. The molecule has 2 rings (SSSR count). The molecule has 26 heavy (non-hydrogen) atoms. The van der Waals surface area contributed by atoms with E-state index in [4.69, 9.17) is 0 Å². The Labute approximate surface area is 168 Å². The van der Waals surface area contributed by atoms with E-state index in [1.54, 1.807) is 32.0 Å². The third kappa shape index (κ3) is 6.68. The summed E-state index contributed by atoms with van der Waals surface area (Å²) in [4.78, 5) is 14.4. The van der Waals surface area contributed by atoms with Crippen LogP contribution in [0.1, 0.15) is 13.8 Å². The maximum atomic E-state index is 12.5. The number of nitrogens with one attached hydrogen (secondary N) is 2. The predicted octanol–water partition coefficient (Wildman–Crippen LogP) is 1.40. The number of benzene rings is 1. The standard InChI is InChI=1S/C16H26N4O3S.2ClH/c1-3-20(4-2)24(22,23)15-7-5-6-14(12-15)18-16(21)13-19-10-8-17-9-11-19;;/h5-7,12,17H,3-4,8-11,13H2,1-2H3,(H,18,21);2*1H. The number of carbonyl (C=O) groups is 1. The lowest BCUT2D eigenvalue weighted by Gasteiger charge is -2.26. The number of carbonyl (C=O) groups excluding carboxylic acids is 1. The SMILES string of the molecule is CCN(CC)S(=O)(=O)c1cccc(NC(=O)CN2CCNCC2)c1.Cl.Cl. The summed E-state index contributed by atoms with van der Waals surface area (Å²) >= 11 is 0. The van der Waals surface area contributed by atoms with Gasteiger partial charge >= 0.3 is 0 Å². The molecule has 1 aliphatic heterocycles. The summed E-state index contributed by atoms with van der Waals surface area (Å²) in [6.07, 6.45) is 0. The van der Waals surface area contributed by atoms with Gasteiger partial charge in [-0.25, -0.2) is 8.42 Å². The minimum Gasteiger partial charge on any atom is -0.325 e. The molecule has 0 saturated carbocycles. The van der Waals surface area contributed by atoms with Crippen LogP contribution in [0.25, 0.3) is 0 Å². The van der Waals surface area contributed by atoms with Crippen molar-refractivity contribution in [3.8, 4) is 0 Å². The number of hydrogen-bond acceptors (Lipinski definition) is 5. The molecule has 1 amide bonds. The lowest BCUT2D eigenvalue weighted by molar-refractivity contribution is -0.117. The van der Waals surface area contributed by atoms with Crippen LogP contribution in [-0.2, 0) is 14.8 Å². The van der Waals surface area contributed by atoms with Gasteiger partial charge in [-0.3, -0.25) is 9.69 Å². The Kier molecular flexibility index (Phi) is 11.3. The lowest BCUT2D eigenvalue weighted by atomic mass is 10.3. The van der Waals surface area contributed by atoms with Gasteiger partial charge < -0.3 is 10.6 Å². The Morgan fingerprint density at radius 1 is 1.19 bits per heavy atom. The summed E-state index contributed by atoms with van der Waals surface area (Å²) in [5.74, 6) is -0.130. The molecular formula is C16H28Cl2N4O3S. The van der Waals surface area contributed by atoms with E-state index in [0.29, 0.717) is 25.3 Å². The molecule has 1 fully saturated rings. The lowest BCUT2D eigenvalue weighted by Crippen LogP contribution is -2.46. The molecule has 0 spiro atoms. The van der Waals surface area contributed by atoms with Crippen molar-refractivity contribution in [1.29, 1.82) is 0 Å². The first kappa shape index (κ1) is 25.1. The summed E-state index contributed by atoms with van der Waals surface area (Å²) < 4.78 is 26.5. The van der Waals surface area contributed by atoms with Crippen LogP contribution in [0.4, 0.5) is 5.69 Å². The zero-order valence-electron chi connectivity index (χ0n) is 15.1. The molecule has 0 aliphatic carbocycles. The van der Waals surface area contributed by atoms with Crippen molar-refractivity contribution in [2.24, 2.45) is 0 Å². The highest BCUT2D eigenvalue weighted by Gasteiger charge is 2.22. The van der Waals surface area contributed by atoms with E-state index in [-0.39, 0.29) is 35.6 Å². The minimum atomic E-state index is -3.52. The molecule has 1 heterocycles. The maximum absolute atomic E-state index is 12.5. The number of halogens is 2. The van der Waals surface area contributed by atoms with Crippen molar-refractivity contribution in [3.63, 3.8) is 0 Å².